The Bertz CT molecular complexity index is 602. The molecule has 1 saturated heterocycles. The Hall–Kier alpha value is -2.43. The number of rotatable bonds is 3. The van der Waals surface area contributed by atoms with Crippen LogP contribution in [0.3, 0.4) is 0 Å². The molecule has 1 amide bonds. The molecule has 0 bridgehead atoms. The molecule has 5 heteroatoms. The van der Waals surface area contributed by atoms with Crippen molar-refractivity contribution in [3.8, 4) is 5.69 Å². The van der Waals surface area contributed by atoms with Gasteiger partial charge in [-0.15, -0.1) is 0 Å². The van der Waals surface area contributed by atoms with Gasteiger partial charge in [-0.25, -0.2) is 4.68 Å². The summed E-state index contributed by atoms with van der Waals surface area (Å²) < 4.78 is 1.77. The zero-order chi connectivity index (χ0) is 13.2. The fourth-order valence-corrected chi connectivity index (χ4v) is 2.18. The summed E-state index contributed by atoms with van der Waals surface area (Å²) in [5.74, 6) is -0.0840. The summed E-state index contributed by atoms with van der Waals surface area (Å²) >= 11 is 0. The van der Waals surface area contributed by atoms with E-state index in [9.17, 15) is 9.59 Å². The first-order valence-electron chi connectivity index (χ1n) is 6.11. The minimum Gasteiger partial charge on any atom is -0.331 e. The normalized spacial score (nSPS) is 15.3. The maximum Gasteiger partial charge on any atom is 0.230 e. The molecule has 0 spiro atoms. The van der Waals surface area contributed by atoms with Crippen molar-refractivity contribution in [2.24, 2.45) is 0 Å². The van der Waals surface area contributed by atoms with E-state index >= 15 is 0 Å². The van der Waals surface area contributed by atoms with Gasteiger partial charge < -0.3 is 4.90 Å². The zero-order valence-electron chi connectivity index (χ0n) is 10.3. The van der Waals surface area contributed by atoms with Gasteiger partial charge in [0.1, 0.15) is 0 Å². The zero-order valence-corrected chi connectivity index (χ0v) is 10.3. The average Bonchev–Trinajstić information content (AvgIpc) is 3.01. The third-order valence-electron chi connectivity index (χ3n) is 3.15. The third-order valence-corrected chi connectivity index (χ3v) is 3.15. The predicted octanol–water partition coefficient (Wildman–Crippen LogP) is 1.17. The van der Waals surface area contributed by atoms with Crippen LogP contribution in [0.25, 0.3) is 5.69 Å². The molecular formula is C14H13N3O2. The van der Waals surface area contributed by atoms with Crippen molar-refractivity contribution in [3.63, 3.8) is 0 Å². The number of carbonyl (C=O) groups is 2. The minimum absolute atomic E-state index is 0.00170. The third kappa shape index (κ3) is 2.40. The average molecular weight is 255 g/mol. The van der Waals surface area contributed by atoms with Crippen molar-refractivity contribution in [1.82, 2.24) is 14.7 Å². The number of hydrogen-bond donors (Lipinski definition) is 0. The van der Waals surface area contributed by atoms with Gasteiger partial charge in [0.2, 0.25) is 5.91 Å². The summed E-state index contributed by atoms with van der Waals surface area (Å²) in [5, 5.41) is 4.15. The molecule has 0 atom stereocenters. The van der Waals surface area contributed by atoms with Crippen LogP contribution >= 0.6 is 0 Å². The summed E-state index contributed by atoms with van der Waals surface area (Å²) in [6.07, 6.45) is 3.64. The fraction of sp³-hybridized carbons (Fsp3) is 0.214. The monoisotopic (exact) mass is 255 g/mol. The Morgan fingerprint density at radius 3 is 2.53 bits per heavy atom. The van der Waals surface area contributed by atoms with Gasteiger partial charge in [0.25, 0.3) is 0 Å². The number of nitrogens with zero attached hydrogens (tertiary/aromatic N) is 3. The van der Waals surface area contributed by atoms with Crippen LogP contribution in [0.1, 0.15) is 12.0 Å². The largest absolute Gasteiger partial charge is 0.331 e. The van der Waals surface area contributed by atoms with Crippen molar-refractivity contribution in [2.75, 3.05) is 6.54 Å². The maximum absolute atomic E-state index is 11.5. The molecule has 19 heavy (non-hydrogen) atoms. The lowest BCUT2D eigenvalue weighted by molar-refractivity contribution is -0.128. The highest BCUT2D eigenvalue weighted by Crippen LogP contribution is 2.14. The molecule has 96 valence electrons. The molecule has 2 aromatic rings. The van der Waals surface area contributed by atoms with Crippen LogP contribution in [0.2, 0.25) is 0 Å². The summed E-state index contributed by atoms with van der Waals surface area (Å²) in [7, 11) is 0. The SMILES string of the molecule is O=C1CC(=O)N(Cc2ccc(-n3cccn3)cc2)C1. The van der Waals surface area contributed by atoms with Crippen LogP contribution in [-0.4, -0.2) is 32.9 Å². The number of ketones is 1. The molecule has 1 aromatic heterocycles. The molecule has 3 rings (SSSR count). The predicted molar refractivity (Wildman–Crippen MR) is 68.6 cm³/mol. The number of carbonyl (C=O) groups excluding carboxylic acids is 2. The van der Waals surface area contributed by atoms with E-state index < -0.39 is 0 Å². The number of amides is 1. The maximum atomic E-state index is 11.5. The van der Waals surface area contributed by atoms with Crippen LogP contribution in [0, 0.1) is 0 Å². The summed E-state index contributed by atoms with van der Waals surface area (Å²) in [6, 6.07) is 9.66. The van der Waals surface area contributed by atoms with Gasteiger partial charge in [-0.3, -0.25) is 9.59 Å². The molecule has 0 N–H and O–H groups in total. The highest BCUT2D eigenvalue weighted by Gasteiger charge is 2.26. The quantitative estimate of drug-likeness (QED) is 0.774. The molecule has 1 aliphatic rings. The minimum atomic E-state index is -0.0823. The van der Waals surface area contributed by atoms with Gasteiger partial charge in [-0.2, -0.15) is 5.10 Å². The molecule has 0 radical (unpaired) electrons. The number of benzene rings is 1. The smallest absolute Gasteiger partial charge is 0.230 e. The topological polar surface area (TPSA) is 55.2 Å². The van der Waals surface area contributed by atoms with E-state index in [1.54, 1.807) is 15.8 Å². The molecule has 0 aliphatic carbocycles. The number of hydrogen-bond acceptors (Lipinski definition) is 3. The number of likely N-dealkylation sites (tertiary alicyclic amines) is 1. The Morgan fingerprint density at radius 2 is 1.95 bits per heavy atom. The molecule has 2 heterocycles. The van der Waals surface area contributed by atoms with Crippen molar-refractivity contribution >= 4 is 11.7 Å². The van der Waals surface area contributed by atoms with Crippen molar-refractivity contribution in [1.29, 1.82) is 0 Å². The molecule has 0 saturated carbocycles. The second-order valence-electron chi connectivity index (χ2n) is 4.58. The molecule has 1 aliphatic heterocycles. The summed E-state index contributed by atoms with van der Waals surface area (Å²) in [5.41, 5.74) is 1.98. The van der Waals surface area contributed by atoms with Gasteiger partial charge >= 0.3 is 0 Å². The Labute approximate surface area is 110 Å². The van der Waals surface area contributed by atoms with Crippen LogP contribution in [0.4, 0.5) is 0 Å². The Balaban J connectivity index is 1.73. The Morgan fingerprint density at radius 1 is 1.16 bits per heavy atom. The highest BCUT2D eigenvalue weighted by atomic mass is 16.2. The first kappa shape index (κ1) is 11.6. The standard InChI is InChI=1S/C14H13N3O2/c18-13-8-14(19)16(10-13)9-11-2-4-12(5-3-11)17-7-1-6-15-17/h1-7H,8-10H2. The first-order chi connectivity index (χ1) is 9.22. The van der Waals surface area contributed by atoms with Gasteiger partial charge in [0, 0.05) is 18.9 Å². The summed E-state index contributed by atoms with van der Waals surface area (Å²) in [6.45, 7) is 0.726. The van der Waals surface area contributed by atoms with E-state index in [0.29, 0.717) is 6.54 Å². The van der Waals surface area contributed by atoms with Gasteiger partial charge in [0.15, 0.2) is 5.78 Å². The van der Waals surface area contributed by atoms with E-state index in [1.807, 2.05) is 36.5 Å². The van der Waals surface area contributed by atoms with Crippen molar-refractivity contribution in [2.45, 2.75) is 13.0 Å². The van der Waals surface area contributed by atoms with E-state index in [-0.39, 0.29) is 24.7 Å². The van der Waals surface area contributed by atoms with Gasteiger partial charge in [-0.05, 0) is 23.8 Å². The molecule has 1 fully saturated rings. The highest BCUT2D eigenvalue weighted by molar-refractivity contribution is 6.05. The lowest BCUT2D eigenvalue weighted by atomic mass is 10.2. The van der Waals surface area contributed by atoms with Crippen LogP contribution in [-0.2, 0) is 16.1 Å². The number of Topliss-reactive ketones (excluding diaryl/α,β-unsaturated/α-hetero) is 1. The lowest BCUT2D eigenvalue weighted by Gasteiger charge is -2.14. The Kier molecular flexibility index (Phi) is 2.87. The molecule has 1 aromatic carbocycles. The summed E-state index contributed by atoms with van der Waals surface area (Å²) in [4.78, 5) is 24.3. The van der Waals surface area contributed by atoms with Crippen molar-refractivity contribution in [3.05, 3.63) is 48.3 Å². The van der Waals surface area contributed by atoms with E-state index in [4.69, 9.17) is 0 Å². The molecule has 0 unspecified atom stereocenters. The van der Waals surface area contributed by atoms with Gasteiger partial charge in [-0.1, -0.05) is 12.1 Å². The van der Waals surface area contributed by atoms with E-state index in [2.05, 4.69) is 5.10 Å². The first-order valence-corrected chi connectivity index (χ1v) is 6.11. The van der Waals surface area contributed by atoms with Crippen LogP contribution in [0.5, 0.6) is 0 Å². The van der Waals surface area contributed by atoms with Crippen molar-refractivity contribution < 1.29 is 9.59 Å². The van der Waals surface area contributed by atoms with Crippen LogP contribution in [0.15, 0.2) is 42.7 Å². The van der Waals surface area contributed by atoms with E-state index in [0.717, 1.165) is 11.3 Å². The second-order valence-corrected chi connectivity index (χ2v) is 4.58. The fourth-order valence-electron chi connectivity index (χ4n) is 2.18. The van der Waals surface area contributed by atoms with E-state index in [1.165, 1.54) is 0 Å². The molecule has 5 nitrogen and oxygen atoms in total. The van der Waals surface area contributed by atoms with Gasteiger partial charge in [0.05, 0.1) is 18.7 Å². The molecular weight excluding hydrogens is 242 g/mol. The lowest BCUT2D eigenvalue weighted by Crippen LogP contribution is -2.24. The van der Waals surface area contributed by atoms with Crippen LogP contribution < -0.4 is 0 Å². The second kappa shape index (κ2) is 4.68. The number of aromatic nitrogens is 2.